The molecule has 112 valence electrons. The Kier molecular flexibility index (Phi) is 9.40. The van der Waals surface area contributed by atoms with Crippen molar-refractivity contribution in [3.05, 3.63) is 28.7 Å². The van der Waals surface area contributed by atoms with Crippen LogP contribution in [-0.4, -0.2) is 54.3 Å². The Morgan fingerprint density at radius 2 is 1.85 bits per heavy atom. The largest absolute Gasteiger partial charge is 0.494 e. The van der Waals surface area contributed by atoms with E-state index in [1.165, 1.54) is 0 Å². The van der Waals surface area contributed by atoms with E-state index in [0.29, 0.717) is 0 Å². The minimum absolute atomic E-state index is 0.772. The van der Waals surface area contributed by atoms with E-state index >= 15 is 0 Å². The number of aliphatic carboxylic acids is 2. The summed E-state index contributed by atoms with van der Waals surface area (Å²) >= 11 is 3.41. The quantitative estimate of drug-likeness (QED) is 0.625. The first-order chi connectivity index (χ1) is 9.32. The molecule has 0 atom stereocenters. The molecule has 7 heteroatoms. The maximum absolute atomic E-state index is 9.10. The maximum Gasteiger partial charge on any atom is 0.414 e. The van der Waals surface area contributed by atoms with Crippen molar-refractivity contribution in [1.82, 2.24) is 4.90 Å². The third kappa shape index (κ3) is 10.3. The zero-order valence-corrected chi connectivity index (χ0v) is 13.0. The van der Waals surface area contributed by atoms with Gasteiger partial charge in [-0.2, -0.15) is 0 Å². The Balaban J connectivity index is 0.000000511. The second-order valence-electron chi connectivity index (χ2n) is 4.07. The van der Waals surface area contributed by atoms with Gasteiger partial charge in [-0.05, 0) is 38.7 Å². The molecule has 0 heterocycles. The zero-order chi connectivity index (χ0) is 15.5. The molecule has 0 aromatic heterocycles. The van der Waals surface area contributed by atoms with Crippen LogP contribution in [0.25, 0.3) is 0 Å². The molecule has 0 fully saturated rings. The van der Waals surface area contributed by atoms with E-state index in [0.717, 1.165) is 29.8 Å². The van der Waals surface area contributed by atoms with E-state index in [1.807, 2.05) is 24.3 Å². The average Bonchev–Trinajstić information content (AvgIpc) is 2.35. The number of halogens is 1. The van der Waals surface area contributed by atoms with Crippen LogP contribution in [0.1, 0.15) is 6.42 Å². The smallest absolute Gasteiger partial charge is 0.414 e. The lowest BCUT2D eigenvalue weighted by Gasteiger charge is -2.10. The third-order valence-corrected chi connectivity index (χ3v) is 2.49. The van der Waals surface area contributed by atoms with Crippen molar-refractivity contribution in [3.8, 4) is 5.75 Å². The van der Waals surface area contributed by atoms with Crippen LogP contribution in [-0.2, 0) is 9.59 Å². The zero-order valence-electron chi connectivity index (χ0n) is 11.4. The van der Waals surface area contributed by atoms with E-state index in [1.54, 1.807) is 0 Å². The molecule has 0 unspecified atom stereocenters. The highest BCUT2D eigenvalue weighted by atomic mass is 79.9. The summed E-state index contributed by atoms with van der Waals surface area (Å²) in [7, 11) is 4.14. The second-order valence-corrected chi connectivity index (χ2v) is 4.99. The summed E-state index contributed by atoms with van der Waals surface area (Å²) in [5.74, 6) is -2.72. The van der Waals surface area contributed by atoms with E-state index < -0.39 is 11.9 Å². The van der Waals surface area contributed by atoms with Crippen molar-refractivity contribution in [1.29, 1.82) is 0 Å². The number of nitrogens with zero attached hydrogens (tertiary/aromatic N) is 1. The van der Waals surface area contributed by atoms with Gasteiger partial charge in [-0.15, -0.1) is 0 Å². The van der Waals surface area contributed by atoms with Crippen molar-refractivity contribution in [2.45, 2.75) is 6.42 Å². The van der Waals surface area contributed by atoms with Gasteiger partial charge in [-0.3, -0.25) is 0 Å². The van der Waals surface area contributed by atoms with Gasteiger partial charge in [0.15, 0.2) is 0 Å². The lowest BCUT2D eigenvalue weighted by molar-refractivity contribution is -0.159. The highest BCUT2D eigenvalue weighted by molar-refractivity contribution is 9.10. The number of hydrogen-bond acceptors (Lipinski definition) is 4. The Hall–Kier alpha value is -1.60. The second kappa shape index (κ2) is 10.2. The summed E-state index contributed by atoms with van der Waals surface area (Å²) in [6.45, 7) is 1.84. The number of hydrogen-bond donors (Lipinski definition) is 2. The van der Waals surface area contributed by atoms with Gasteiger partial charge in [0, 0.05) is 11.0 Å². The van der Waals surface area contributed by atoms with E-state index in [9.17, 15) is 0 Å². The molecule has 1 aromatic carbocycles. The number of ether oxygens (including phenoxy) is 1. The highest BCUT2D eigenvalue weighted by Crippen LogP contribution is 2.17. The minimum Gasteiger partial charge on any atom is -0.494 e. The molecule has 1 aromatic rings. The molecule has 0 radical (unpaired) electrons. The van der Waals surface area contributed by atoms with Crippen LogP contribution in [0.5, 0.6) is 5.75 Å². The summed E-state index contributed by atoms with van der Waals surface area (Å²) in [6, 6.07) is 7.92. The van der Waals surface area contributed by atoms with Crippen LogP contribution < -0.4 is 4.74 Å². The Morgan fingerprint density at radius 3 is 2.30 bits per heavy atom. The Bertz CT molecular complexity index is 425. The number of benzene rings is 1. The molecule has 2 N–H and O–H groups in total. The molecule has 0 aliphatic rings. The van der Waals surface area contributed by atoms with E-state index in [2.05, 4.69) is 34.9 Å². The fourth-order valence-corrected chi connectivity index (χ4v) is 1.51. The lowest BCUT2D eigenvalue weighted by Crippen LogP contribution is -2.15. The SMILES string of the molecule is CN(C)CCCOc1cccc(Br)c1.O=C(O)C(=O)O. The van der Waals surface area contributed by atoms with Gasteiger partial charge in [0.05, 0.1) is 6.61 Å². The molecule has 0 saturated heterocycles. The predicted octanol–water partition coefficient (Wildman–Crippen LogP) is 1.94. The van der Waals surface area contributed by atoms with Crippen LogP contribution in [0.4, 0.5) is 0 Å². The van der Waals surface area contributed by atoms with Gasteiger partial charge < -0.3 is 19.8 Å². The Morgan fingerprint density at radius 1 is 1.25 bits per heavy atom. The lowest BCUT2D eigenvalue weighted by atomic mass is 10.3. The molecule has 1 rings (SSSR count). The van der Waals surface area contributed by atoms with Gasteiger partial charge in [0.1, 0.15) is 5.75 Å². The maximum atomic E-state index is 9.10. The Labute approximate surface area is 126 Å². The van der Waals surface area contributed by atoms with Gasteiger partial charge >= 0.3 is 11.9 Å². The monoisotopic (exact) mass is 347 g/mol. The summed E-state index contributed by atoms with van der Waals surface area (Å²) in [6.07, 6.45) is 1.06. The number of carbonyl (C=O) groups is 2. The van der Waals surface area contributed by atoms with Crippen LogP contribution in [0, 0.1) is 0 Å². The molecular formula is C13H18BrNO5. The van der Waals surface area contributed by atoms with Crippen molar-refractivity contribution in [2.24, 2.45) is 0 Å². The molecule has 0 spiro atoms. The van der Waals surface area contributed by atoms with Crippen molar-refractivity contribution in [2.75, 3.05) is 27.2 Å². The van der Waals surface area contributed by atoms with Gasteiger partial charge in [0.2, 0.25) is 0 Å². The molecule has 0 bridgehead atoms. The van der Waals surface area contributed by atoms with Crippen LogP contribution in [0.3, 0.4) is 0 Å². The van der Waals surface area contributed by atoms with Gasteiger partial charge in [0.25, 0.3) is 0 Å². The molecule has 0 aliphatic heterocycles. The molecule has 0 aliphatic carbocycles. The number of rotatable bonds is 5. The molecule has 6 nitrogen and oxygen atoms in total. The first-order valence-electron chi connectivity index (χ1n) is 5.82. The summed E-state index contributed by atoms with van der Waals surface area (Å²) in [5.41, 5.74) is 0. The average molecular weight is 348 g/mol. The van der Waals surface area contributed by atoms with Crippen LogP contribution in [0.15, 0.2) is 28.7 Å². The van der Waals surface area contributed by atoms with Crippen molar-refractivity contribution in [3.63, 3.8) is 0 Å². The normalized spacial score (nSPS) is 9.60. The van der Waals surface area contributed by atoms with E-state index in [-0.39, 0.29) is 0 Å². The molecular weight excluding hydrogens is 330 g/mol. The highest BCUT2D eigenvalue weighted by Gasteiger charge is 2.04. The minimum atomic E-state index is -1.82. The number of carboxylic acid groups (broad SMARTS) is 2. The first-order valence-corrected chi connectivity index (χ1v) is 6.61. The molecule has 20 heavy (non-hydrogen) atoms. The van der Waals surface area contributed by atoms with Crippen LogP contribution >= 0.6 is 15.9 Å². The summed E-state index contributed by atoms with van der Waals surface area (Å²) in [5, 5.41) is 14.8. The molecule has 0 saturated carbocycles. The summed E-state index contributed by atoms with van der Waals surface area (Å²) < 4.78 is 6.64. The van der Waals surface area contributed by atoms with Gasteiger partial charge in [-0.1, -0.05) is 22.0 Å². The molecule has 0 amide bonds. The fourth-order valence-electron chi connectivity index (χ4n) is 1.13. The first kappa shape index (κ1) is 18.4. The predicted molar refractivity (Wildman–Crippen MR) is 78.1 cm³/mol. The van der Waals surface area contributed by atoms with Gasteiger partial charge in [-0.25, -0.2) is 9.59 Å². The van der Waals surface area contributed by atoms with E-state index in [4.69, 9.17) is 24.5 Å². The summed E-state index contributed by atoms with van der Waals surface area (Å²) in [4.78, 5) is 20.4. The van der Waals surface area contributed by atoms with Crippen molar-refractivity contribution >= 4 is 27.9 Å². The fraction of sp³-hybridized carbons (Fsp3) is 0.385. The number of carboxylic acids is 2. The standard InChI is InChI=1S/C11H16BrNO.C2H2O4/c1-13(2)7-4-8-14-11-6-3-5-10(12)9-11;3-1(4)2(5)6/h3,5-6,9H,4,7-8H2,1-2H3;(H,3,4)(H,5,6). The third-order valence-electron chi connectivity index (χ3n) is 2.00. The van der Waals surface area contributed by atoms with Crippen LogP contribution in [0.2, 0.25) is 0 Å². The topological polar surface area (TPSA) is 87.1 Å². The van der Waals surface area contributed by atoms with Crippen molar-refractivity contribution < 1.29 is 24.5 Å².